The van der Waals surface area contributed by atoms with Gasteiger partial charge in [0.1, 0.15) is 5.82 Å². The van der Waals surface area contributed by atoms with Crippen LogP contribution in [0.3, 0.4) is 0 Å². The molecule has 23 heavy (non-hydrogen) atoms. The van der Waals surface area contributed by atoms with Crippen molar-refractivity contribution in [3.8, 4) is 0 Å². The highest BCUT2D eigenvalue weighted by atomic mass is 35.5. The largest absolute Gasteiger partial charge is 0.481 e. The number of aliphatic carboxylic acids is 1. The maximum atomic E-state index is 12.0. The molecule has 0 aromatic carbocycles. The van der Waals surface area contributed by atoms with E-state index in [0.717, 1.165) is 12.8 Å². The van der Waals surface area contributed by atoms with E-state index in [1.807, 2.05) is 4.90 Å². The summed E-state index contributed by atoms with van der Waals surface area (Å²) in [6.45, 7) is 1.08. The van der Waals surface area contributed by atoms with Gasteiger partial charge in [-0.15, -0.1) is 0 Å². The maximum absolute atomic E-state index is 12.0. The molecule has 2 aliphatic rings. The molecule has 2 fully saturated rings. The topological polar surface area (TPSA) is 73.7 Å². The highest BCUT2D eigenvalue weighted by Crippen LogP contribution is 2.50. The van der Waals surface area contributed by atoms with Crippen molar-refractivity contribution in [3.63, 3.8) is 0 Å². The first-order valence-electron chi connectivity index (χ1n) is 7.71. The van der Waals surface area contributed by atoms with Crippen molar-refractivity contribution in [2.75, 3.05) is 32.1 Å². The summed E-state index contributed by atoms with van der Waals surface area (Å²) < 4.78 is 0. The Labute approximate surface area is 140 Å². The second-order valence-corrected chi connectivity index (χ2v) is 7.07. The first-order chi connectivity index (χ1) is 10.8. The number of carbonyl (C=O) groups excluding carboxylic acids is 1. The van der Waals surface area contributed by atoms with Gasteiger partial charge in [0.05, 0.1) is 16.0 Å². The normalized spacial score (nSPS) is 26.2. The minimum atomic E-state index is -0.724. The highest BCUT2D eigenvalue weighted by molar-refractivity contribution is 6.33. The molecule has 1 aliphatic heterocycles. The van der Waals surface area contributed by atoms with Crippen LogP contribution in [-0.4, -0.2) is 54.1 Å². The van der Waals surface area contributed by atoms with Crippen molar-refractivity contribution in [3.05, 3.63) is 22.8 Å². The van der Waals surface area contributed by atoms with Crippen molar-refractivity contribution in [1.29, 1.82) is 0 Å². The number of anilines is 1. The molecule has 124 valence electrons. The van der Waals surface area contributed by atoms with Crippen LogP contribution < -0.4 is 4.90 Å². The van der Waals surface area contributed by atoms with E-state index in [1.54, 1.807) is 20.2 Å². The number of halogens is 1. The first-order valence-corrected chi connectivity index (χ1v) is 8.08. The molecule has 6 nitrogen and oxygen atoms in total. The van der Waals surface area contributed by atoms with E-state index in [-0.39, 0.29) is 11.8 Å². The number of nitrogens with zero attached hydrogens (tertiary/aromatic N) is 3. The van der Waals surface area contributed by atoms with E-state index in [2.05, 4.69) is 4.98 Å². The fourth-order valence-electron chi connectivity index (χ4n) is 3.84. The number of hydrogen-bond acceptors (Lipinski definition) is 4. The molecule has 1 aromatic rings. The number of amides is 1. The average Bonchev–Trinajstić information content (AvgIpc) is 3.04. The van der Waals surface area contributed by atoms with Gasteiger partial charge in [-0.25, -0.2) is 4.98 Å². The summed E-state index contributed by atoms with van der Waals surface area (Å²) in [5.74, 6) is -0.178. The molecule has 3 rings (SSSR count). The molecule has 1 saturated carbocycles. The molecular weight excluding hydrogens is 318 g/mol. The van der Waals surface area contributed by atoms with Crippen LogP contribution in [0.15, 0.2) is 12.3 Å². The summed E-state index contributed by atoms with van der Waals surface area (Å²) >= 11 is 6.32. The quantitative estimate of drug-likeness (QED) is 0.914. The lowest BCUT2D eigenvalue weighted by Gasteiger charge is -2.24. The van der Waals surface area contributed by atoms with Crippen molar-refractivity contribution < 1.29 is 14.7 Å². The number of hydrogen-bond donors (Lipinski definition) is 1. The minimum absolute atomic E-state index is 0.140. The van der Waals surface area contributed by atoms with Gasteiger partial charge in [-0.2, -0.15) is 0 Å². The van der Waals surface area contributed by atoms with Crippen LogP contribution in [0.4, 0.5) is 5.82 Å². The van der Waals surface area contributed by atoms with Crippen molar-refractivity contribution in [1.82, 2.24) is 9.88 Å². The summed E-state index contributed by atoms with van der Waals surface area (Å²) in [4.78, 5) is 31.5. The summed E-state index contributed by atoms with van der Waals surface area (Å²) in [7, 11) is 3.34. The van der Waals surface area contributed by atoms with Crippen LogP contribution in [0, 0.1) is 11.3 Å². The number of fused-ring (bicyclic) bond motifs is 1. The number of aromatic nitrogens is 1. The van der Waals surface area contributed by atoms with E-state index >= 15 is 0 Å². The van der Waals surface area contributed by atoms with Gasteiger partial charge in [-0.1, -0.05) is 18.0 Å². The van der Waals surface area contributed by atoms with Gasteiger partial charge in [0.2, 0.25) is 0 Å². The van der Waals surface area contributed by atoms with Gasteiger partial charge < -0.3 is 14.9 Å². The zero-order chi connectivity index (χ0) is 16.8. The Hall–Kier alpha value is -1.82. The van der Waals surface area contributed by atoms with E-state index in [4.69, 9.17) is 11.6 Å². The molecule has 0 bridgehead atoms. The maximum Gasteiger partial charge on any atom is 0.311 e. The minimum Gasteiger partial charge on any atom is -0.481 e. The van der Waals surface area contributed by atoms with Crippen LogP contribution in [0.1, 0.15) is 29.6 Å². The molecular formula is C16H20ClN3O3. The predicted octanol–water partition coefficient (Wildman–Crippen LogP) is 2.13. The number of rotatable bonds is 3. The van der Waals surface area contributed by atoms with Crippen LogP contribution in [-0.2, 0) is 4.79 Å². The Morgan fingerprint density at radius 2 is 2.22 bits per heavy atom. The lowest BCUT2D eigenvalue weighted by atomic mass is 9.81. The monoisotopic (exact) mass is 337 g/mol. The van der Waals surface area contributed by atoms with E-state index in [1.165, 1.54) is 11.1 Å². The van der Waals surface area contributed by atoms with Crippen molar-refractivity contribution in [2.24, 2.45) is 11.3 Å². The van der Waals surface area contributed by atoms with Crippen molar-refractivity contribution >= 4 is 29.3 Å². The van der Waals surface area contributed by atoms with Crippen molar-refractivity contribution in [2.45, 2.75) is 19.3 Å². The number of pyridine rings is 1. The molecule has 2 heterocycles. The van der Waals surface area contributed by atoms with Gasteiger partial charge >= 0.3 is 5.97 Å². The smallest absolute Gasteiger partial charge is 0.311 e. The fourth-order valence-corrected chi connectivity index (χ4v) is 4.12. The average molecular weight is 338 g/mol. The van der Waals surface area contributed by atoms with Crippen LogP contribution in [0.2, 0.25) is 5.02 Å². The Morgan fingerprint density at radius 3 is 2.78 bits per heavy atom. The van der Waals surface area contributed by atoms with Gasteiger partial charge in [-0.05, 0) is 24.8 Å². The fraction of sp³-hybridized carbons (Fsp3) is 0.562. The molecule has 7 heteroatoms. The summed E-state index contributed by atoms with van der Waals surface area (Å²) in [5.41, 5.74) is -0.251. The highest BCUT2D eigenvalue weighted by Gasteiger charge is 2.55. The third-order valence-corrected chi connectivity index (χ3v) is 5.35. The van der Waals surface area contributed by atoms with E-state index in [0.29, 0.717) is 35.9 Å². The van der Waals surface area contributed by atoms with Gasteiger partial charge in [-0.3, -0.25) is 9.59 Å². The summed E-state index contributed by atoms with van der Waals surface area (Å²) in [5, 5.41) is 10.0. The van der Waals surface area contributed by atoms with Gasteiger partial charge in [0.15, 0.2) is 0 Å². The van der Waals surface area contributed by atoms with E-state index in [9.17, 15) is 14.7 Å². The Balaban J connectivity index is 1.86. The summed E-state index contributed by atoms with van der Waals surface area (Å²) in [6, 6.07) is 1.60. The Bertz CT molecular complexity index is 664. The standard InChI is InChI=1S/C16H20ClN3O3/c1-19(2)14(21)10-6-12(17)13(18-7-10)20-8-11-4-3-5-16(11,9-20)15(22)23/h6-7,11H,3-5,8-9H2,1-2H3,(H,22,23)/t11-,16+/m0/s1. The lowest BCUT2D eigenvalue weighted by molar-refractivity contribution is -0.149. The molecule has 1 aromatic heterocycles. The van der Waals surface area contributed by atoms with Crippen LogP contribution in [0.25, 0.3) is 0 Å². The number of carboxylic acid groups (broad SMARTS) is 1. The Morgan fingerprint density at radius 1 is 1.48 bits per heavy atom. The molecule has 0 unspecified atom stereocenters. The lowest BCUT2D eigenvalue weighted by Crippen LogP contribution is -2.35. The van der Waals surface area contributed by atoms with E-state index < -0.39 is 11.4 Å². The molecule has 2 atom stereocenters. The predicted molar refractivity (Wildman–Crippen MR) is 86.9 cm³/mol. The second-order valence-electron chi connectivity index (χ2n) is 6.66. The molecule has 0 radical (unpaired) electrons. The van der Waals surface area contributed by atoms with Crippen LogP contribution >= 0.6 is 11.6 Å². The third kappa shape index (κ3) is 2.55. The molecule has 1 saturated heterocycles. The first kappa shape index (κ1) is 16.1. The zero-order valence-corrected chi connectivity index (χ0v) is 14.0. The number of carbonyl (C=O) groups is 2. The van der Waals surface area contributed by atoms with Gasteiger partial charge in [0, 0.05) is 33.4 Å². The summed E-state index contributed by atoms with van der Waals surface area (Å²) in [6.07, 6.45) is 4.10. The SMILES string of the molecule is CN(C)C(=O)c1cnc(N2C[C@@H]3CCC[C@@]3(C(=O)O)C2)c(Cl)c1. The van der Waals surface area contributed by atoms with Gasteiger partial charge in [0.25, 0.3) is 5.91 Å². The number of carboxylic acids is 1. The molecule has 1 aliphatic carbocycles. The second kappa shape index (κ2) is 5.67. The third-order valence-electron chi connectivity index (χ3n) is 5.07. The molecule has 0 spiro atoms. The zero-order valence-electron chi connectivity index (χ0n) is 13.3. The Kier molecular flexibility index (Phi) is 3.96. The van der Waals surface area contributed by atoms with Crippen LogP contribution in [0.5, 0.6) is 0 Å². The molecule has 1 N–H and O–H groups in total. The molecule has 1 amide bonds.